The summed E-state index contributed by atoms with van der Waals surface area (Å²) in [4.78, 5) is 43.0. The SMILES string of the molecule is CN1C(N)=N[C@](C)(c2cccc(CC(=O)OCc3ccccc3)c2)CS1(=O)=O.CN1C(NC(=O)OC(C)(C)C)=N[C@](C)(c2cc(N)ccc2F)CS1(=O)=O.O=C(Cl)OCc1ccccc1. The number of rotatable bonds is 8. The van der Waals surface area contributed by atoms with Crippen LogP contribution in [0.2, 0.25) is 0 Å². The van der Waals surface area contributed by atoms with Gasteiger partial charge in [0.1, 0.15) is 35.7 Å². The molecule has 350 valence electrons. The molecule has 2 aliphatic rings. The number of benzene rings is 4. The number of hydrogen-bond donors (Lipinski definition) is 3. The number of nitrogens with two attached hydrogens (primary N) is 2. The minimum absolute atomic E-state index is 0.0256. The van der Waals surface area contributed by atoms with E-state index < -0.39 is 59.8 Å². The van der Waals surface area contributed by atoms with Crippen molar-refractivity contribution in [1.29, 1.82) is 0 Å². The maximum atomic E-state index is 14.3. The molecular formula is C44H53ClFN7O10S2. The second kappa shape index (κ2) is 21.2. The molecule has 6 rings (SSSR count). The first-order valence-corrected chi connectivity index (χ1v) is 23.4. The number of sulfonamides is 2. The Kier molecular flexibility index (Phi) is 16.7. The molecule has 0 saturated heterocycles. The highest BCUT2D eigenvalue weighted by atomic mass is 35.5. The average Bonchev–Trinajstić information content (AvgIpc) is 3.21. The summed E-state index contributed by atoms with van der Waals surface area (Å²) >= 11 is 4.97. The molecule has 2 heterocycles. The van der Waals surface area contributed by atoms with Crippen molar-refractivity contribution in [3.63, 3.8) is 0 Å². The molecule has 0 aliphatic carbocycles. The third-order valence-corrected chi connectivity index (χ3v) is 13.6. The highest BCUT2D eigenvalue weighted by Crippen LogP contribution is 2.35. The van der Waals surface area contributed by atoms with Gasteiger partial charge in [0.25, 0.3) is 0 Å². The van der Waals surface area contributed by atoms with Crippen LogP contribution < -0.4 is 16.8 Å². The maximum absolute atomic E-state index is 14.3. The van der Waals surface area contributed by atoms with Crippen molar-refractivity contribution in [2.24, 2.45) is 15.7 Å². The number of hydrogen-bond acceptors (Lipinski definition) is 14. The van der Waals surface area contributed by atoms with Gasteiger partial charge in [-0.05, 0) is 75.1 Å². The minimum Gasteiger partial charge on any atom is -0.461 e. The maximum Gasteiger partial charge on any atom is 0.414 e. The summed E-state index contributed by atoms with van der Waals surface area (Å²) in [5, 5.41) is 2.32. The zero-order chi connectivity index (χ0) is 48.4. The quantitative estimate of drug-likeness (QED) is 0.0783. The van der Waals surface area contributed by atoms with Gasteiger partial charge in [-0.1, -0.05) is 84.9 Å². The summed E-state index contributed by atoms with van der Waals surface area (Å²) < 4.78 is 80.9. The third-order valence-electron chi connectivity index (χ3n) is 9.61. The molecule has 2 atom stereocenters. The average molecular weight is 959 g/mol. The number of nitrogens with one attached hydrogen (secondary N) is 1. The number of esters is 1. The predicted molar refractivity (Wildman–Crippen MR) is 246 cm³/mol. The van der Waals surface area contributed by atoms with Gasteiger partial charge in [0.2, 0.25) is 32.0 Å². The summed E-state index contributed by atoms with van der Waals surface area (Å²) in [7, 11) is -4.78. The Morgan fingerprint density at radius 2 is 1.29 bits per heavy atom. The molecule has 4 aromatic carbocycles. The van der Waals surface area contributed by atoms with Crippen molar-refractivity contribution in [1.82, 2.24) is 13.9 Å². The molecule has 0 saturated carbocycles. The Morgan fingerprint density at radius 1 is 0.754 bits per heavy atom. The standard InChI is InChI=1S/C20H23N3O4S.C16H23FN4O4S.C8H7ClO2/c1-20(14-28(25,26)23(2)19(21)22-20)17-10-6-9-16(11-17)12-18(24)27-13-15-7-4-3-5-8-15;1-15(2,3)25-14(22)19-13-20-16(4,9-26(23,24)21(13)5)11-8-10(18)6-7-12(11)17;9-8(10)11-6-7-4-2-1-3-5-7/h3-11H,12-14H2,1-2H3,(H2,21,22);6-8H,9,18H2,1-5H3,(H,19,20,22);1-5H,6H2/t20-;16-;/m00./s1. The van der Waals surface area contributed by atoms with Crippen molar-refractivity contribution < 1.29 is 49.8 Å². The largest absolute Gasteiger partial charge is 0.461 e. The monoisotopic (exact) mass is 957 g/mol. The van der Waals surface area contributed by atoms with Crippen molar-refractivity contribution in [2.45, 2.75) is 70.9 Å². The molecule has 2 aliphatic heterocycles. The molecule has 0 spiro atoms. The van der Waals surface area contributed by atoms with Crippen molar-refractivity contribution >= 4 is 66.7 Å². The van der Waals surface area contributed by atoms with E-state index in [1.165, 1.54) is 33.2 Å². The van der Waals surface area contributed by atoms with Crippen LogP contribution >= 0.6 is 11.6 Å². The zero-order valence-corrected chi connectivity index (χ0v) is 39.3. The number of carbonyl (C=O) groups excluding carboxylic acids is 3. The van der Waals surface area contributed by atoms with E-state index in [1.807, 2.05) is 60.7 Å². The molecule has 0 bridgehead atoms. The molecule has 0 unspecified atom stereocenters. The second-order valence-corrected chi connectivity index (χ2v) is 20.6. The van der Waals surface area contributed by atoms with E-state index in [0.717, 1.165) is 31.4 Å². The van der Waals surface area contributed by atoms with Gasteiger partial charge in [-0.2, -0.15) is 0 Å². The molecule has 65 heavy (non-hydrogen) atoms. The first-order valence-electron chi connectivity index (χ1n) is 19.8. The van der Waals surface area contributed by atoms with E-state index in [2.05, 4.69) is 20.0 Å². The summed E-state index contributed by atoms with van der Waals surface area (Å²) in [5.41, 5.74) is 11.0. The molecule has 0 aromatic heterocycles. The lowest BCUT2D eigenvalue weighted by molar-refractivity contribution is -0.144. The van der Waals surface area contributed by atoms with Crippen molar-refractivity contribution in [3.05, 3.63) is 137 Å². The van der Waals surface area contributed by atoms with E-state index in [-0.39, 0.29) is 54.5 Å². The normalized spacial score (nSPS) is 19.6. The van der Waals surface area contributed by atoms with Gasteiger partial charge < -0.3 is 25.7 Å². The van der Waals surface area contributed by atoms with Crippen LogP contribution in [0.15, 0.2) is 113 Å². The van der Waals surface area contributed by atoms with Crippen LogP contribution in [0, 0.1) is 5.82 Å². The van der Waals surface area contributed by atoms with Gasteiger partial charge in [-0.15, -0.1) is 0 Å². The van der Waals surface area contributed by atoms with Crippen LogP contribution in [0.4, 0.5) is 19.7 Å². The third kappa shape index (κ3) is 14.9. The van der Waals surface area contributed by atoms with E-state index in [0.29, 0.717) is 5.56 Å². The fourth-order valence-electron chi connectivity index (χ4n) is 6.30. The van der Waals surface area contributed by atoms with E-state index in [1.54, 1.807) is 52.0 Å². The fraction of sp³-hybridized carbons (Fsp3) is 0.341. The van der Waals surface area contributed by atoms with Crippen LogP contribution in [0.3, 0.4) is 0 Å². The highest BCUT2D eigenvalue weighted by molar-refractivity contribution is 7.90. The number of alkyl carbamates (subject to hydrolysis) is 1. The Balaban J connectivity index is 0.000000232. The van der Waals surface area contributed by atoms with Crippen LogP contribution in [-0.4, -0.2) is 86.1 Å². The van der Waals surface area contributed by atoms with Gasteiger partial charge in [-0.3, -0.25) is 10.1 Å². The predicted octanol–water partition coefficient (Wildman–Crippen LogP) is 6.12. The summed E-state index contributed by atoms with van der Waals surface area (Å²) in [6, 6.07) is 29.8. The number of guanidine groups is 2. The van der Waals surface area contributed by atoms with E-state index in [4.69, 9.17) is 32.5 Å². The Bertz CT molecular complexity index is 2630. The molecule has 5 N–H and O–H groups in total. The lowest BCUT2D eigenvalue weighted by Crippen LogP contribution is -2.54. The van der Waals surface area contributed by atoms with Crippen LogP contribution in [0.1, 0.15) is 62.4 Å². The van der Waals surface area contributed by atoms with Gasteiger partial charge >= 0.3 is 17.5 Å². The number of carbonyl (C=O) groups is 3. The number of halogens is 2. The smallest absolute Gasteiger partial charge is 0.414 e. The molecular weight excluding hydrogens is 905 g/mol. The number of aliphatic imine (C=N–C) groups is 2. The van der Waals surface area contributed by atoms with Crippen LogP contribution in [0.25, 0.3) is 0 Å². The topological polar surface area (TPSA) is 242 Å². The lowest BCUT2D eigenvalue weighted by Gasteiger charge is -2.36. The Hall–Kier alpha value is -6.25. The highest BCUT2D eigenvalue weighted by Gasteiger charge is 2.43. The number of nitrogen functional groups attached to an aromatic ring is 1. The lowest BCUT2D eigenvalue weighted by atomic mass is 9.92. The molecule has 0 fully saturated rings. The Labute approximate surface area is 383 Å². The number of anilines is 1. The van der Waals surface area contributed by atoms with E-state index >= 15 is 0 Å². The van der Waals surface area contributed by atoms with E-state index in [9.17, 15) is 35.6 Å². The number of amides is 1. The molecule has 4 aromatic rings. The first kappa shape index (κ1) is 51.4. The van der Waals surface area contributed by atoms with Gasteiger partial charge in [0, 0.05) is 36.9 Å². The summed E-state index contributed by atoms with van der Waals surface area (Å²) in [6.07, 6.45) is -0.779. The summed E-state index contributed by atoms with van der Waals surface area (Å²) in [5.74, 6) is -1.97. The van der Waals surface area contributed by atoms with Gasteiger partial charge in [0.15, 0.2) is 0 Å². The number of ether oxygens (including phenoxy) is 3. The van der Waals surface area contributed by atoms with Crippen molar-refractivity contribution in [3.8, 4) is 0 Å². The molecule has 21 heteroatoms. The van der Waals surface area contributed by atoms with Crippen LogP contribution in [-0.2, 0) is 69.8 Å². The van der Waals surface area contributed by atoms with Crippen LogP contribution in [0.5, 0.6) is 0 Å². The summed E-state index contributed by atoms with van der Waals surface area (Å²) in [6.45, 7) is 8.64. The zero-order valence-electron chi connectivity index (χ0n) is 36.9. The first-order chi connectivity index (χ1) is 30.2. The molecule has 0 radical (unpaired) electrons. The molecule has 17 nitrogen and oxygen atoms in total. The fourth-order valence-corrected chi connectivity index (χ4v) is 9.29. The molecule has 1 amide bonds. The van der Waals surface area contributed by atoms with Gasteiger partial charge in [-0.25, -0.2) is 49.4 Å². The van der Waals surface area contributed by atoms with Gasteiger partial charge in [0.05, 0.1) is 17.9 Å². The minimum atomic E-state index is -3.86. The Morgan fingerprint density at radius 3 is 1.85 bits per heavy atom. The van der Waals surface area contributed by atoms with Crippen molar-refractivity contribution in [2.75, 3.05) is 31.3 Å². The second-order valence-electron chi connectivity index (χ2n) is 16.3. The number of nitrogens with zero attached hydrogens (tertiary/aromatic N) is 4.